The van der Waals surface area contributed by atoms with Crippen molar-refractivity contribution in [1.29, 1.82) is 5.41 Å². The van der Waals surface area contributed by atoms with Gasteiger partial charge >= 0.3 is 0 Å². The molecule has 33 heavy (non-hydrogen) atoms. The van der Waals surface area contributed by atoms with Crippen LogP contribution in [0.2, 0.25) is 0 Å². The van der Waals surface area contributed by atoms with Crippen LogP contribution in [0.15, 0.2) is 64.3 Å². The van der Waals surface area contributed by atoms with E-state index in [0.717, 1.165) is 49.1 Å². The number of aromatic nitrogens is 2. The maximum atomic E-state index is 7.56. The predicted molar refractivity (Wildman–Crippen MR) is 128 cm³/mol. The largest absolute Gasteiger partial charge is 0.396 e. The summed E-state index contributed by atoms with van der Waals surface area (Å²) in [5.74, 6) is 1.34. The van der Waals surface area contributed by atoms with E-state index in [1.165, 1.54) is 5.56 Å². The summed E-state index contributed by atoms with van der Waals surface area (Å²) >= 11 is 0. The Kier molecular flexibility index (Phi) is 7.34. The molecule has 0 radical (unpaired) electrons. The van der Waals surface area contributed by atoms with Crippen molar-refractivity contribution in [2.75, 3.05) is 19.7 Å². The SMILES string of the molecule is C/C(=N\OCCCCc1ccccc1)c1ccc(-c2noc([C@@H]3CCN(C(=N)N)C3)n2)cc1. The summed E-state index contributed by atoms with van der Waals surface area (Å²) in [5, 5.41) is 15.9. The van der Waals surface area contributed by atoms with Gasteiger partial charge in [0.05, 0.1) is 11.6 Å². The molecule has 0 spiro atoms. The Morgan fingerprint density at radius 1 is 1.18 bits per heavy atom. The summed E-state index contributed by atoms with van der Waals surface area (Å²) in [6.07, 6.45) is 3.95. The van der Waals surface area contributed by atoms with Gasteiger partial charge in [0.1, 0.15) is 6.61 Å². The summed E-state index contributed by atoms with van der Waals surface area (Å²) in [5.41, 5.74) is 9.62. The summed E-state index contributed by atoms with van der Waals surface area (Å²) < 4.78 is 5.48. The van der Waals surface area contributed by atoms with E-state index in [1.807, 2.05) is 42.2 Å². The van der Waals surface area contributed by atoms with Crippen LogP contribution in [0.4, 0.5) is 0 Å². The molecule has 0 unspecified atom stereocenters. The molecule has 8 heteroatoms. The molecule has 2 heterocycles. The summed E-state index contributed by atoms with van der Waals surface area (Å²) in [6, 6.07) is 18.4. The van der Waals surface area contributed by atoms with Gasteiger partial charge in [0.2, 0.25) is 11.7 Å². The highest BCUT2D eigenvalue weighted by molar-refractivity contribution is 5.98. The lowest BCUT2D eigenvalue weighted by Gasteiger charge is -2.14. The van der Waals surface area contributed by atoms with Crippen molar-refractivity contribution in [3.05, 3.63) is 71.6 Å². The van der Waals surface area contributed by atoms with E-state index in [-0.39, 0.29) is 11.9 Å². The Labute approximate surface area is 193 Å². The summed E-state index contributed by atoms with van der Waals surface area (Å²) in [6.45, 7) is 3.92. The number of rotatable bonds is 9. The molecule has 3 N–H and O–H groups in total. The number of nitrogens with one attached hydrogen (secondary N) is 1. The number of likely N-dealkylation sites (tertiary alicyclic amines) is 1. The third-order valence-electron chi connectivity index (χ3n) is 5.88. The number of nitrogens with two attached hydrogens (primary N) is 1. The van der Waals surface area contributed by atoms with Crippen LogP contribution in [-0.4, -0.2) is 46.4 Å². The third kappa shape index (κ3) is 5.97. The van der Waals surface area contributed by atoms with Crippen LogP contribution in [0.25, 0.3) is 11.4 Å². The lowest BCUT2D eigenvalue weighted by atomic mass is 10.1. The standard InChI is InChI=1S/C25H30N6O2/c1-18(29-32-16-6-5-9-19-7-3-2-4-8-19)20-10-12-21(13-11-20)23-28-24(33-30-23)22-14-15-31(17-22)25(26)27/h2-4,7-8,10-13,22H,5-6,9,14-17H2,1H3,(H3,26,27)/b29-18+/t22-/m1/s1. The van der Waals surface area contributed by atoms with Gasteiger partial charge in [-0.05, 0) is 43.7 Å². The fourth-order valence-electron chi connectivity index (χ4n) is 3.90. The van der Waals surface area contributed by atoms with Crippen LogP contribution in [0.3, 0.4) is 0 Å². The highest BCUT2D eigenvalue weighted by atomic mass is 16.6. The van der Waals surface area contributed by atoms with E-state index in [0.29, 0.717) is 24.9 Å². The summed E-state index contributed by atoms with van der Waals surface area (Å²) in [7, 11) is 0. The normalized spacial score (nSPS) is 16.2. The van der Waals surface area contributed by atoms with E-state index in [2.05, 4.69) is 39.6 Å². The molecular weight excluding hydrogens is 416 g/mol. The molecule has 172 valence electrons. The molecule has 0 saturated carbocycles. The van der Waals surface area contributed by atoms with Crippen LogP contribution >= 0.6 is 0 Å². The Morgan fingerprint density at radius 2 is 1.97 bits per heavy atom. The van der Waals surface area contributed by atoms with Gasteiger partial charge in [0, 0.05) is 18.7 Å². The van der Waals surface area contributed by atoms with Crippen LogP contribution in [0.5, 0.6) is 0 Å². The van der Waals surface area contributed by atoms with Gasteiger partial charge in [0.25, 0.3) is 0 Å². The number of oxime groups is 1. The fraction of sp³-hybridized carbons (Fsp3) is 0.360. The Balaban J connectivity index is 1.25. The second-order valence-corrected chi connectivity index (χ2v) is 8.30. The van der Waals surface area contributed by atoms with Gasteiger partial charge in [-0.15, -0.1) is 0 Å². The molecule has 1 saturated heterocycles. The molecule has 3 aromatic rings. The van der Waals surface area contributed by atoms with Crippen molar-refractivity contribution < 1.29 is 9.36 Å². The fourth-order valence-corrected chi connectivity index (χ4v) is 3.90. The Morgan fingerprint density at radius 3 is 2.70 bits per heavy atom. The smallest absolute Gasteiger partial charge is 0.231 e. The highest BCUT2D eigenvalue weighted by Crippen LogP contribution is 2.27. The van der Waals surface area contributed by atoms with Gasteiger partial charge < -0.3 is 20.0 Å². The quantitative estimate of drug-likeness (QED) is 0.221. The van der Waals surface area contributed by atoms with Crippen LogP contribution < -0.4 is 5.73 Å². The predicted octanol–water partition coefficient (Wildman–Crippen LogP) is 4.18. The number of hydrogen-bond donors (Lipinski definition) is 2. The minimum Gasteiger partial charge on any atom is -0.396 e. The van der Waals surface area contributed by atoms with Crippen molar-refractivity contribution in [3.8, 4) is 11.4 Å². The zero-order valence-electron chi connectivity index (χ0n) is 18.9. The lowest BCUT2D eigenvalue weighted by molar-refractivity contribution is 0.140. The van der Waals surface area contributed by atoms with Crippen molar-refractivity contribution in [3.63, 3.8) is 0 Å². The van der Waals surface area contributed by atoms with E-state index in [9.17, 15) is 0 Å². The molecular formula is C25H30N6O2. The molecule has 1 aliphatic rings. The van der Waals surface area contributed by atoms with Gasteiger partial charge in [-0.25, -0.2) is 0 Å². The van der Waals surface area contributed by atoms with E-state index in [1.54, 1.807) is 0 Å². The average molecular weight is 447 g/mol. The number of guanidine groups is 1. The topological polar surface area (TPSA) is 114 Å². The number of unbranched alkanes of at least 4 members (excludes halogenated alkanes) is 1. The first-order chi connectivity index (χ1) is 16.1. The van der Waals surface area contributed by atoms with Gasteiger partial charge in [-0.3, -0.25) is 5.41 Å². The Hall–Kier alpha value is -3.68. The summed E-state index contributed by atoms with van der Waals surface area (Å²) in [4.78, 5) is 11.9. The lowest BCUT2D eigenvalue weighted by Crippen LogP contribution is -2.34. The van der Waals surface area contributed by atoms with Crippen molar-refractivity contribution in [2.24, 2.45) is 10.9 Å². The Bertz CT molecular complexity index is 1080. The maximum absolute atomic E-state index is 7.56. The molecule has 0 bridgehead atoms. The zero-order valence-corrected chi connectivity index (χ0v) is 18.9. The minimum absolute atomic E-state index is 0.0843. The van der Waals surface area contributed by atoms with Crippen LogP contribution in [0, 0.1) is 5.41 Å². The molecule has 4 rings (SSSR count). The highest BCUT2D eigenvalue weighted by Gasteiger charge is 2.29. The monoisotopic (exact) mass is 446 g/mol. The molecule has 1 fully saturated rings. The molecule has 1 aromatic heterocycles. The number of nitrogens with zero attached hydrogens (tertiary/aromatic N) is 4. The van der Waals surface area contributed by atoms with Gasteiger partial charge in [-0.1, -0.05) is 64.9 Å². The van der Waals surface area contributed by atoms with E-state index in [4.69, 9.17) is 20.5 Å². The first-order valence-electron chi connectivity index (χ1n) is 11.3. The molecule has 8 nitrogen and oxygen atoms in total. The molecule has 2 aromatic carbocycles. The third-order valence-corrected chi connectivity index (χ3v) is 5.88. The minimum atomic E-state index is 0.0843. The molecule has 0 amide bonds. The first kappa shape index (κ1) is 22.5. The van der Waals surface area contributed by atoms with Crippen molar-refractivity contribution >= 4 is 11.7 Å². The number of benzene rings is 2. The second kappa shape index (κ2) is 10.8. The van der Waals surface area contributed by atoms with Crippen LogP contribution in [0.1, 0.15) is 49.1 Å². The van der Waals surface area contributed by atoms with Gasteiger partial charge in [0.15, 0.2) is 5.96 Å². The molecule has 1 aliphatic heterocycles. The average Bonchev–Trinajstić information content (AvgIpc) is 3.52. The first-order valence-corrected chi connectivity index (χ1v) is 11.3. The van der Waals surface area contributed by atoms with Crippen molar-refractivity contribution in [2.45, 2.75) is 38.5 Å². The molecule has 1 atom stereocenters. The van der Waals surface area contributed by atoms with Crippen molar-refractivity contribution in [1.82, 2.24) is 15.0 Å². The van der Waals surface area contributed by atoms with E-state index < -0.39 is 0 Å². The number of hydrogen-bond acceptors (Lipinski definition) is 6. The zero-order chi connectivity index (χ0) is 23.0. The second-order valence-electron chi connectivity index (χ2n) is 8.30. The van der Waals surface area contributed by atoms with E-state index >= 15 is 0 Å². The number of aryl methyl sites for hydroxylation is 1. The maximum Gasteiger partial charge on any atom is 0.231 e. The van der Waals surface area contributed by atoms with Gasteiger partial charge in [-0.2, -0.15) is 4.98 Å². The van der Waals surface area contributed by atoms with Crippen LogP contribution in [-0.2, 0) is 11.3 Å². The molecule has 0 aliphatic carbocycles.